The molecule has 0 spiro atoms. The molecule has 0 bridgehead atoms. The van der Waals surface area contributed by atoms with Gasteiger partial charge in [-0.2, -0.15) is 10.2 Å². The minimum atomic E-state index is -1.12. The number of hydrogen-bond donors (Lipinski definition) is 3. The average molecular weight is 536 g/mol. The van der Waals surface area contributed by atoms with Crippen molar-refractivity contribution < 1.29 is 19.0 Å². The monoisotopic (exact) mass is 535 g/mol. The van der Waals surface area contributed by atoms with Crippen LogP contribution in [0, 0.1) is 17.2 Å². The first-order valence-corrected chi connectivity index (χ1v) is 12.9. The predicted octanol–water partition coefficient (Wildman–Crippen LogP) is 4.56. The summed E-state index contributed by atoms with van der Waals surface area (Å²) in [5.74, 6) is 0.338. The van der Waals surface area contributed by atoms with E-state index in [1.807, 2.05) is 48.5 Å². The maximum Gasteiger partial charge on any atom is 0.258 e. The molecular weight excluding hydrogens is 510 g/mol. The molecule has 10 heteroatoms. The number of carbonyl (C=O) groups excluding carboxylic acids is 1. The van der Waals surface area contributed by atoms with Crippen molar-refractivity contribution in [1.29, 1.82) is 5.26 Å². The van der Waals surface area contributed by atoms with Crippen LogP contribution in [0.5, 0.6) is 23.0 Å². The SMILES string of the molecule is N#CC1C(=O)Nc2nc(NCc3ccc4c(c3)OCCCO4)[nH]c(=O)c2C1c1cccc(Oc2ccccc2)c1. The van der Waals surface area contributed by atoms with Gasteiger partial charge in [0.05, 0.1) is 24.8 Å². The molecule has 10 nitrogen and oxygen atoms in total. The van der Waals surface area contributed by atoms with Gasteiger partial charge >= 0.3 is 0 Å². The van der Waals surface area contributed by atoms with Crippen LogP contribution < -0.4 is 30.4 Å². The van der Waals surface area contributed by atoms with Crippen LogP contribution >= 0.6 is 0 Å². The van der Waals surface area contributed by atoms with Crippen LogP contribution in [0.3, 0.4) is 0 Å². The number of rotatable bonds is 6. The van der Waals surface area contributed by atoms with Crippen LogP contribution in [0.4, 0.5) is 11.8 Å². The van der Waals surface area contributed by atoms with Gasteiger partial charge in [0.25, 0.3) is 5.56 Å². The fourth-order valence-corrected chi connectivity index (χ4v) is 4.85. The van der Waals surface area contributed by atoms with Gasteiger partial charge in [-0.15, -0.1) is 0 Å². The zero-order chi connectivity index (χ0) is 27.5. The van der Waals surface area contributed by atoms with Gasteiger partial charge in [0.1, 0.15) is 23.2 Å². The summed E-state index contributed by atoms with van der Waals surface area (Å²) < 4.78 is 17.4. The summed E-state index contributed by atoms with van der Waals surface area (Å²) in [6.45, 7) is 1.53. The Kier molecular flexibility index (Phi) is 6.77. The van der Waals surface area contributed by atoms with Crippen LogP contribution in [-0.2, 0) is 11.3 Å². The highest BCUT2D eigenvalue weighted by Gasteiger charge is 2.40. The second kappa shape index (κ2) is 10.8. The molecule has 3 aromatic carbocycles. The van der Waals surface area contributed by atoms with Crippen LogP contribution in [-0.4, -0.2) is 29.1 Å². The van der Waals surface area contributed by atoms with Crippen LogP contribution in [0.25, 0.3) is 0 Å². The lowest BCUT2D eigenvalue weighted by Gasteiger charge is -2.28. The molecule has 6 rings (SSSR count). The Morgan fingerprint density at radius 2 is 1.77 bits per heavy atom. The van der Waals surface area contributed by atoms with E-state index in [9.17, 15) is 14.9 Å². The average Bonchev–Trinajstić information content (AvgIpc) is 3.21. The zero-order valence-electron chi connectivity index (χ0n) is 21.3. The fourth-order valence-electron chi connectivity index (χ4n) is 4.85. The summed E-state index contributed by atoms with van der Waals surface area (Å²) >= 11 is 0. The van der Waals surface area contributed by atoms with E-state index in [1.54, 1.807) is 24.3 Å². The van der Waals surface area contributed by atoms with Crippen molar-refractivity contribution in [3.8, 4) is 29.1 Å². The Hall–Kier alpha value is -5.30. The second-order valence-electron chi connectivity index (χ2n) is 9.42. The molecule has 2 atom stereocenters. The van der Waals surface area contributed by atoms with Crippen LogP contribution in [0.15, 0.2) is 77.6 Å². The Labute approximate surface area is 229 Å². The molecule has 3 N–H and O–H groups in total. The van der Waals surface area contributed by atoms with Crippen molar-refractivity contribution >= 4 is 17.7 Å². The smallest absolute Gasteiger partial charge is 0.258 e. The summed E-state index contributed by atoms with van der Waals surface area (Å²) in [6, 6.07) is 24.0. The molecule has 0 fully saturated rings. The highest BCUT2D eigenvalue weighted by atomic mass is 16.5. The zero-order valence-corrected chi connectivity index (χ0v) is 21.3. The molecule has 2 aliphatic heterocycles. The molecule has 2 aliphatic rings. The number of nitriles is 1. The molecule has 200 valence electrons. The summed E-state index contributed by atoms with van der Waals surface area (Å²) in [7, 11) is 0. The lowest BCUT2D eigenvalue weighted by Crippen LogP contribution is -2.38. The Morgan fingerprint density at radius 1 is 0.975 bits per heavy atom. The van der Waals surface area contributed by atoms with Crippen molar-refractivity contribution in [2.24, 2.45) is 5.92 Å². The molecule has 1 amide bonds. The van der Waals surface area contributed by atoms with Crippen molar-refractivity contribution in [2.75, 3.05) is 23.8 Å². The van der Waals surface area contributed by atoms with Gasteiger partial charge in [-0.25, -0.2) is 0 Å². The number of benzene rings is 3. The van der Waals surface area contributed by atoms with E-state index in [1.165, 1.54) is 0 Å². The normalized spacial score (nSPS) is 17.5. The highest BCUT2D eigenvalue weighted by Crippen LogP contribution is 2.39. The largest absolute Gasteiger partial charge is 0.490 e. The van der Waals surface area contributed by atoms with Gasteiger partial charge in [0, 0.05) is 18.9 Å². The Morgan fingerprint density at radius 3 is 2.60 bits per heavy atom. The number of amides is 1. The molecule has 0 saturated heterocycles. The quantitative estimate of drug-likeness (QED) is 0.327. The number of hydrogen-bond acceptors (Lipinski definition) is 8. The molecule has 4 aromatic rings. The minimum absolute atomic E-state index is 0.112. The van der Waals surface area contributed by atoms with Crippen LogP contribution in [0.2, 0.25) is 0 Å². The molecule has 3 heterocycles. The van der Waals surface area contributed by atoms with Gasteiger partial charge < -0.3 is 24.8 Å². The van der Waals surface area contributed by atoms with Gasteiger partial charge in [-0.1, -0.05) is 36.4 Å². The van der Waals surface area contributed by atoms with Gasteiger partial charge in [0.2, 0.25) is 11.9 Å². The fraction of sp³-hybridized carbons (Fsp3) is 0.200. The Bertz CT molecular complexity index is 1660. The highest BCUT2D eigenvalue weighted by molar-refractivity contribution is 5.98. The van der Waals surface area contributed by atoms with Crippen molar-refractivity contribution in [2.45, 2.75) is 18.9 Å². The summed E-state index contributed by atoms with van der Waals surface area (Å²) in [5, 5.41) is 15.6. The molecule has 0 aliphatic carbocycles. The number of H-pyrrole nitrogens is 1. The number of aromatic nitrogens is 2. The Balaban J connectivity index is 1.29. The van der Waals surface area contributed by atoms with E-state index in [0.717, 1.165) is 12.0 Å². The summed E-state index contributed by atoms with van der Waals surface area (Å²) in [6.07, 6.45) is 0.812. The molecular formula is C30H25N5O5. The standard InChI is InChI=1S/C30H25N5O5/c31-16-22-25(19-6-4-9-21(15-19)40-20-7-2-1-3-8-20)26-27(33-28(22)36)34-30(35-29(26)37)32-17-18-10-11-23-24(14-18)39-13-5-12-38-23/h1-4,6-11,14-15,22,25H,5,12-13,17H2,(H3,32,33,34,35,36,37). The van der Waals surface area contributed by atoms with E-state index >= 15 is 0 Å². The van der Waals surface area contributed by atoms with Crippen molar-refractivity contribution in [1.82, 2.24) is 9.97 Å². The summed E-state index contributed by atoms with van der Waals surface area (Å²) in [4.78, 5) is 33.6. The summed E-state index contributed by atoms with van der Waals surface area (Å²) in [5.41, 5.74) is 1.25. The molecule has 0 saturated carbocycles. The number of ether oxygens (including phenoxy) is 3. The third-order valence-electron chi connectivity index (χ3n) is 6.73. The minimum Gasteiger partial charge on any atom is -0.490 e. The van der Waals surface area contributed by atoms with E-state index < -0.39 is 23.3 Å². The predicted molar refractivity (Wildman–Crippen MR) is 147 cm³/mol. The third kappa shape index (κ3) is 5.05. The number of para-hydroxylation sites is 1. The number of fused-ring (bicyclic) bond motifs is 2. The number of nitrogens with zero attached hydrogens (tertiary/aromatic N) is 2. The lowest BCUT2D eigenvalue weighted by molar-refractivity contribution is -0.119. The maximum atomic E-state index is 13.4. The number of nitrogens with one attached hydrogen (secondary N) is 3. The van der Waals surface area contributed by atoms with E-state index in [2.05, 4.69) is 26.7 Å². The first-order chi connectivity index (χ1) is 19.6. The second-order valence-corrected chi connectivity index (χ2v) is 9.42. The molecule has 40 heavy (non-hydrogen) atoms. The van der Waals surface area contributed by atoms with Crippen molar-refractivity contribution in [3.05, 3.63) is 99.8 Å². The maximum absolute atomic E-state index is 13.4. The van der Waals surface area contributed by atoms with Crippen molar-refractivity contribution in [3.63, 3.8) is 0 Å². The molecule has 1 aromatic heterocycles. The lowest BCUT2D eigenvalue weighted by atomic mass is 9.79. The molecule has 0 radical (unpaired) electrons. The number of aromatic amines is 1. The van der Waals surface area contributed by atoms with E-state index in [0.29, 0.717) is 48.3 Å². The third-order valence-corrected chi connectivity index (χ3v) is 6.73. The molecule has 2 unspecified atom stereocenters. The topological polar surface area (TPSA) is 138 Å². The van der Waals surface area contributed by atoms with Gasteiger partial charge in [-0.3, -0.25) is 14.6 Å². The van der Waals surface area contributed by atoms with E-state index in [-0.39, 0.29) is 17.3 Å². The van der Waals surface area contributed by atoms with Gasteiger partial charge in [-0.05, 0) is 47.5 Å². The number of carbonyl (C=O) groups is 1. The first kappa shape index (κ1) is 25.0. The number of anilines is 2. The first-order valence-electron chi connectivity index (χ1n) is 12.9. The van der Waals surface area contributed by atoms with Gasteiger partial charge in [0.15, 0.2) is 11.5 Å². The van der Waals surface area contributed by atoms with Crippen LogP contribution in [0.1, 0.15) is 29.0 Å². The van der Waals surface area contributed by atoms with E-state index in [4.69, 9.17) is 14.2 Å².